The van der Waals surface area contributed by atoms with E-state index < -0.39 is 17.8 Å². The highest BCUT2D eigenvalue weighted by atomic mass is 32.1. The van der Waals surface area contributed by atoms with Gasteiger partial charge in [0, 0.05) is 10.9 Å². The van der Waals surface area contributed by atoms with Gasteiger partial charge in [0.15, 0.2) is 0 Å². The van der Waals surface area contributed by atoms with E-state index >= 15 is 0 Å². The average molecular weight is 315 g/mol. The second kappa shape index (κ2) is 6.49. The summed E-state index contributed by atoms with van der Waals surface area (Å²) in [7, 11) is 0. The van der Waals surface area contributed by atoms with Crippen LogP contribution in [0.25, 0.3) is 0 Å². The Morgan fingerprint density at radius 1 is 1.24 bits per heavy atom. The molecule has 0 aliphatic carbocycles. The molecule has 0 aliphatic heterocycles. The molecule has 21 heavy (non-hydrogen) atoms. The van der Waals surface area contributed by atoms with E-state index in [4.69, 9.17) is 10.5 Å². The lowest BCUT2D eigenvalue weighted by atomic mass is 10.1. The lowest BCUT2D eigenvalue weighted by Gasteiger charge is -2.23. The SMILES string of the molecule is CCC(N)C(Oc1cccc(C(F)(F)F)c1)c1cccs1. The van der Waals surface area contributed by atoms with Crippen LogP contribution in [0.1, 0.15) is 29.9 Å². The summed E-state index contributed by atoms with van der Waals surface area (Å²) in [6, 6.07) is 8.33. The molecule has 2 rings (SSSR count). The van der Waals surface area contributed by atoms with Gasteiger partial charge in [-0.05, 0) is 36.1 Å². The molecule has 6 heteroatoms. The minimum Gasteiger partial charge on any atom is -0.483 e. The van der Waals surface area contributed by atoms with Gasteiger partial charge in [-0.2, -0.15) is 13.2 Å². The molecule has 1 aromatic carbocycles. The second-order valence-corrected chi connectivity index (χ2v) is 5.63. The maximum Gasteiger partial charge on any atom is 0.416 e. The predicted molar refractivity (Wildman–Crippen MR) is 77.4 cm³/mol. The molecule has 0 saturated heterocycles. The van der Waals surface area contributed by atoms with Crippen LogP contribution < -0.4 is 10.5 Å². The van der Waals surface area contributed by atoms with Gasteiger partial charge in [0.1, 0.15) is 11.9 Å². The number of hydrogen-bond acceptors (Lipinski definition) is 3. The van der Waals surface area contributed by atoms with Crippen molar-refractivity contribution in [3.63, 3.8) is 0 Å². The van der Waals surface area contributed by atoms with Gasteiger partial charge < -0.3 is 10.5 Å². The third-order valence-electron chi connectivity index (χ3n) is 3.11. The van der Waals surface area contributed by atoms with E-state index in [9.17, 15) is 13.2 Å². The van der Waals surface area contributed by atoms with Crippen molar-refractivity contribution in [2.45, 2.75) is 31.7 Å². The van der Waals surface area contributed by atoms with Gasteiger partial charge in [0.25, 0.3) is 0 Å². The summed E-state index contributed by atoms with van der Waals surface area (Å²) in [5, 5.41) is 1.89. The van der Waals surface area contributed by atoms with Crippen molar-refractivity contribution in [2.24, 2.45) is 5.73 Å². The molecule has 2 atom stereocenters. The van der Waals surface area contributed by atoms with E-state index in [1.807, 2.05) is 24.4 Å². The summed E-state index contributed by atoms with van der Waals surface area (Å²) >= 11 is 1.48. The van der Waals surface area contributed by atoms with Crippen LogP contribution in [0.2, 0.25) is 0 Å². The fourth-order valence-corrected chi connectivity index (χ4v) is 2.74. The lowest BCUT2D eigenvalue weighted by Crippen LogP contribution is -2.30. The third-order valence-corrected chi connectivity index (χ3v) is 4.04. The van der Waals surface area contributed by atoms with Gasteiger partial charge in [-0.1, -0.05) is 19.1 Å². The van der Waals surface area contributed by atoms with E-state index in [0.717, 1.165) is 17.0 Å². The van der Waals surface area contributed by atoms with E-state index in [1.165, 1.54) is 23.5 Å². The number of halogens is 3. The van der Waals surface area contributed by atoms with Crippen molar-refractivity contribution in [2.75, 3.05) is 0 Å². The largest absolute Gasteiger partial charge is 0.483 e. The average Bonchev–Trinajstić information content (AvgIpc) is 2.97. The second-order valence-electron chi connectivity index (χ2n) is 4.65. The molecule has 2 aromatic rings. The minimum atomic E-state index is -4.38. The van der Waals surface area contributed by atoms with Crippen LogP contribution in [0, 0.1) is 0 Å². The van der Waals surface area contributed by atoms with Crippen molar-refractivity contribution in [3.05, 3.63) is 52.2 Å². The molecule has 114 valence electrons. The molecule has 0 aliphatic rings. The zero-order chi connectivity index (χ0) is 15.5. The number of rotatable bonds is 5. The van der Waals surface area contributed by atoms with Gasteiger partial charge in [-0.3, -0.25) is 0 Å². The summed E-state index contributed by atoms with van der Waals surface area (Å²) in [6.45, 7) is 1.92. The first-order chi connectivity index (χ1) is 9.91. The van der Waals surface area contributed by atoms with Gasteiger partial charge in [-0.15, -0.1) is 11.3 Å². The number of thiophene rings is 1. The summed E-state index contributed by atoms with van der Waals surface area (Å²) in [5.41, 5.74) is 5.31. The summed E-state index contributed by atoms with van der Waals surface area (Å²) < 4.78 is 43.9. The molecule has 0 bridgehead atoms. The molecule has 0 radical (unpaired) electrons. The van der Waals surface area contributed by atoms with Crippen LogP contribution in [0.3, 0.4) is 0 Å². The van der Waals surface area contributed by atoms with Crippen LogP contribution in [0.4, 0.5) is 13.2 Å². The fraction of sp³-hybridized carbons (Fsp3) is 0.333. The molecule has 0 amide bonds. The summed E-state index contributed by atoms with van der Waals surface area (Å²) in [6.07, 6.45) is -4.16. The Morgan fingerprint density at radius 3 is 2.57 bits per heavy atom. The number of benzene rings is 1. The molecule has 1 heterocycles. The van der Waals surface area contributed by atoms with E-state index in [1.54, 1.807) is 0 Å². The Kier molecular flexibility index (Phi) is 4.90. The predicted octanol–water partition coefficient (Wildman–Crippen LogP) is 4.62. The van der Waals surface area contributed by atoms with Gasteiger partial charge in [0.05, 0.1) is 5.56 Å². The molecular formula is C15H16F3NOS. The number of ether oxygens (including phenoxy) is 1. The minimum absolute atomic E-state index is 0.173. The maximum atomic E-state index is 12.7. The van der Waals surface area contributed by atoms with Crippen molar-refractivity contribution in [3.8, 4) is 5.75 Å². The first-order valence-electron chi connectivity index (χ1n) is 6.54. The molecule has 0 fully saturated rings. The van der Waals surface area contributed by atoms with Crippen LogP contribution >= 0.6 is 11.3 Å². The van der Waals surface area contributed by atoms with Crippen molar-refractivity contribution in [1.82, 2.24) is 0 Å². The van der Waals surface area contributed by atoms with Crippen LogP contribution in [0.5, 0.6) is 5.75 Å². The Morgan fingerprint density at radius 2 is 2.00 bits per heavy atom. The molecule has 0 spiro atoms. The summed E-state index contributed by atoms with van der Waals surface area (Å²) in [5.74, 6) is 0.173. The first-order valence-corrected chi connectivity index (χ1v) is 7.42. The van der Waals surface area contributed by atoms with E-state index in [-0.39, 0.29) is 11.8 Å². The zero-order valence-corrected chi connectivity index (χ0v) is 12.2. The molecule has 2 N–H and O–H groups in total. The van der Waals surface area contributed by atoms with Crippen molar-refractivity contribution < 1.29 is 17.9 Å². The van der Waals surface area contributed by atoms with Crippen LogP contribution in [-0.2, 0) is 6.18 Å². The highest BCUT2D eigenvalue weighted by molar-refractivity contribution is 7.10. The highest BCUT2D eigenvalue weighted by Crippen LogP contribution is 2.34. The topological polar surface area (TPSA) is 35.2 Å². The van der Waals surface area contributed by atoms with Gasteiger partial charge >= 0.3 is 6.18 Å². The Bertz CT molecular complexity index is 569. The van der Waals surface area contributed by atoms with Gasteiger partial charge in [-0.25, -0.2) is 0 Å². The Labute approximate surface area is 125 Å². The first kappa shape index (κ1) is 15.9. The Balaban J connectivity index is 2.25. The normalized spacial score (nSPS) is 14.7. The van der Waals surface area contributed by atoms with Crippen LogP contribution in [-0.4, -0.2) is 6.04 Å². The van der Waals surface area contributed by atoms with E-state index in [0.29, 0.717) is 6.42 Å². The standard InChI is InChI=1S/C15H16F3NOS/c1-2-12(19)14(13-7-4-8-21-13)20-11-6-3-5-10(9-11)15(16,17)18/h3-9,12,14H,2,19H2,1H3. The molecule has 0 saturated carbocycles. The number of hydrogen-bond donors (Lipinski definition) is 1. The monoisotopic (exact) mass is 315 g/mol. The highest BCUT2D eigenvalue weighted by Gasteiger charge is 2.31. The Hall–Kier alpha value is -1.53. The third kappa shape index (κ3) is 3.98. The van der Waals surface area contributed by atoms with Crippen LogP contribution in [0.15, 0.2) is 41.8 Å². The lowest BCUT2D eigenvalue weighted by molar-refractivity contribution is -0.137. The number of alkyl halides is 3. The molecule has 1 aromatic heterocycles. The fourth-order valence-electron chi connectivity index (χ4n) is 1.92. The van der Waals surface area contributed by atoms with Crippen molar-refractivity contribution in [1.29, 1.82) is 0 Å². The van der Waals surface area contributed by atoms with Crippen molar-refractivity contribution >= 4 is 11.3 Å². The molecular weight excluding hydrogens is 299 g/mol. The maximum absolute atomic E-state index is 12.7. The van der Waals surface area contributed by atoms with Gasteiger partial charge in [0.2, 0.25) is 0 Å². The molecule has 2 nitrogen and oxygen atoms in total. The molecule has 2 unspecified atom stereocenters. The summed E-state index contributed by atoms with van der Waals surface area (Å²) in [4.78, 5) is 0.904. The van der Waals surface area contributed by atoms with E-state index in [2.05, 4.69) is 0 Å². The number of nitrogens with two attached hydrogens (primary N) is 1. The quantitative estimate of drug-likeness (QED) is 0.873. The smallest absolute Gasteiger partial charge is 0.416 e. The zero-order valence-electron chi connectivity index (χ0n) is 11.4.